The van der Waals surface area contributed by atoms with Crippen LogP contribution in [0.2, 0.25) is 0 Å². The monoisotopic (exact) mass is 272 g/mol. The third-order valence-electron chi connectivity index (χ3n) is 4.90. The summed E-state index contributed by atoms with van der Waals surface area (Å²) in [7, 11) is 0. The molecular formula is C17H24N2O. The van der Waals surface area contributed by atoms with Gasteiger partial charge in [0, 0.05) is 10.9 Å². The van der Waals surface area contributed by atoms with E-state index in [1.54, 1.807) is 0 Å². The van der Waals surface area contributed by atoms with E-state index in [9.17, 15) is 0 Å². The minimum Gasteiger partial charge on any atom is -0.464 e. The van der Waals surface area contributed by atoms with Crippen molar-refractivity contribution < 1.29 is 4.42 Å². The summed E-state index contributed by atoms with van der Waals surface area (Å²) in [5.74, 6) is 7.34. The molecule has 1 saturated carbocycles. The van der Waals surface area contributed by atoms with Crippen molar-refractivity contribution in [2.75, 3.05) is 0 Å². The summed E-state index contributed by atoms with van der Waals surface area (Å²) in [4.78, 5) is 0. The van der Waals surface area contributed by atoms with Gasteiger partial charge in [-0.1, -0.05) is 44.4 Å². The molecule has 1 aliphatic carbocycles. The molecule has 3 atom stereocenters. The van der Waals surface area contributed by atoms with Crippen molar-refractivity contribution in [2.45, 2.75) is 45.1 Å². The molecule has 3 rings (SSSR count). The zero-order valence-electron chi connectivity index (χ0n) is 12.1. The van der Waals surface area contributed by atoms with Crippen LogP contribution in [0.15, 0.2) is 34.9 Å². The summed E-state index contributed by atoms with van der Waals surface area (Å²) < 4.78 is 5.68. The van der Waals surface area contributed by atoms with Gasteiger partial charge in [-0.25, -0.2) is 0 Å². The first-order chi connectivity index (χ1) is 9.83. The lowest BCUT2D eigenvalue weighted by Gasteiger charge is -2.33. The van der Waals surface area contributed by atoms with Gasteiger partial charge in [0.15, 0.2) is 0 Å². The molecule has 0 radical (unpaired) electrons. The maximum absolute atomic E-state index is 5.88. The third-order valence-corrected chi connectivity index (χ3v) is 4.90. The quantitative estimate of drug-likeness (QED) is 0.649. The number of nitrogens with one attached hydrogen (secondary N) is 1. The van der Waals surface area contributed by atoms with Gasteiger partial charge < -0.3 is 4.42 Å². The van der Waals surface area contributed by atoms with Crippen molar-refractivity contribution in [1.82, 2.24) is 5.43 Å². The highest BCUT2D eigenvalue weighted by Crippen LogP contribution is 2.40. The zero-order valence-corrected chi connectivity index (χ0v) is 12.1. The first-order valence-electron chi connectivity index (χ1n) is 7.75. The smallest absolute Gasteiger partial charge is 0.134 e. The van der Waals surface area contributed by atoms with E-state index in [1.165, 1.54) is 43.1 Å². The van der Waals surface area contributed by atoms with Gasteiger partial charge in [-0.3, -0.25) is 11.3 Å². The van der Waals surface area contributed by atoms with Crippen molar-refractivity contribution in [2.24, 2.45) is 17.7 Å². The fourth-order valence-corrected chi connectivity index (χ4v) is 3.73. The number of hydrogen-bond donors (Lipinski definition) is 2. The highest BCUT2D eigenvalue weighted by Gasteiger charge is 2.30. The summed E-state index contributed by atoms with van der Waals surface area (Å²) in [5.41, 5.74) is 5.21. The van der Waals surface area contributed by atoms with Gasteiger partial charge >= 0.3 is 0 Å². The third kappa shape index (κ3) is 2.48. The molecule has 3 N–H and O–H groups in total. The molecule has 0 spiro atoms. The van der Waals surface area contributed by atoms with Crippen LogP contribution in [0.5, 0.6) is 0 Å². The molecule has 0 saturated heterocycles. The second-order valence-electron chi connectivity index (χ2n) is 6.03. The Labute approximate surface area is 120 Å². The molecule has 1 aromatic carbocycles. The van der Waals surface area contributed by atoms with Gasteiger partial charge in [-0.05, 0) is 30.7 Å². The van der Waals surface area contributed by atoms with Gasteiger partial charge in [0.25, 0.3) is 0 Å². The summed E-state index contributed by atoms with van der Waals surface area (Å²) in [6.45, 7) is 2.30. The van der Waals surface area contributed by atoms with E-state index in [1.807, 2.05) is 18.4 Å². The predicted octanol–water partition coefficient (Wildman–Crippen LogP) is 4.15. The average Bonchev–Trinajstić information content (AvgIpc) is 2.93. The van der Waals surface area contributed by atoms with Crippen molar-refractivity contribution >= 4 is 11.0 Å². The van der Waals surface area contributed by atoms with E-state index in [4.69, 9.17) is 10.3 Å². The SMILES string of the molecule is CCC1CCCC(C(NN)c2coc3ccccc23)C1. The zero-order chi connectivity index (χ0) is 13.9. The number of rotatable bonds is 4. The molecule has 108 valence electrons. The van der Waals surface area contributed by atoms with Crippen LogP contribution in [-0.2, 0) is 0 Å². The standard InChI is InChI=1S/C17H24N2O/c1-2-12-6-5-7-13(10-12)17(19-18)15-11-20-16-9-4-3-8-14(15)16/h3-4,8-9,11-13,17,19H,2,5-7,10,18H2,1H3. The second kappa shape index (κ2) is 5.98. The maximum atomic E-state index is 5.88. The fourth-order valence-electron chi connectivity index (χ4n) is 3.73. The second-order valence-corrected chi connectivity index (χ2v) is 6.03. The molecule has 1 aliphatic rings. The Bertz CT molecular complexity index is 563. The van der Waals surface area contributed by atoms with Crippen LogP contribution >= 0.6 is 0 Å². The van der Waals surface area contributed by atoms with Gasteiger partial charge in [0.2, 0.25) is 0 Å². The minimum atomic E-state index is 0.202. The molecule has 1 fully saturated rings. The van der Waals surface area contributed by atoms with Crippen LogP contribution < -0.4 is 11.3 Å². The molecule has 1 aromatic heterocycles. The van der Waals surface area contributed by atoms with E-state index in [2.05, 4.69) is 24.5 Å². The summed E-state index contributed by atoms with van der Waals surface area (Å²) in [6, 6.07) is 8.41. The Morgan fingerprint density at radius 3 is 3.00 bits per heavy atom. The van der Waals surface area contributed by atoms with Crippen LogP contribution in [0.1, 0.15) is 50.6 Å². The van der Waals surface area contributed by atoms with Gasteiger partial charge in [0.05, 0.1) is 12.3 Å². The highest BCUT2D eigenvalue weighted by atomic mass is 16.3. The number of benzene rings is 1. The van der Waals surface area contributed by atoms with Crippen LogP contribution in [-0.4, -0.2) is 0 Å². The number of hydrogen-bond acceptors (Lipinski definition) is 3. The molecule has 1 heterocycles. The molecule has 0 aliphatic heterocycles. The lowest BCUT2D eigenvalue weighted by molar-refractivity contribution is 0.210. The van der Waals surface area contributed by atoms with Crippen LogP contribution in [0, 0.1) is 11.8 Å². The van der Waals surface area contributed by atoms with E-state index >= 15 is 0 Å². The van der Waals surface area contributed by atoms with Crippen LogP contribution in [0.25, 0.3) is 11.0 Å². The molecule has 0 bridgehead atoms. The van der Waals surface area contributed by atoms with Crippen molar-refractivity contribution in [1.29, 1.82) is 0 Å². The van der Waals surface area contributed by atoms with Crippen LogP contribution in [0.4, 0.5) is 0 Å². The number of para-hydroxylation sites is 1. The fraction of sp³-hybridized carbons (Fsp3) is 0.529. The van der Waals surface area contributed by atoms with Gasteiger partial charge in [-0.2, -0.15) is 0 Å². The summed E-state index contributed by atoms with van der Waals surface area (Å²) >= 11 is 0. The lowest BCUT2D eigenvalue weighted by Crippen LogP contribution is -2.35. The van der Waals surface area contributed by atoms with Crippen molar-refractivity contribution in [3.63, 3.8) is 0 Å². The molecule has 0 amide bonds. The van der Waals surface area contributed by atoms with Crippen molar-refractivity contribution in [3.8, 4) is 0 Å². The van der Waals surface area contributed by atoms with Gasteiger partial charge in [0.1, 0.15) is 5.58 Å². The molecule has 20 heavy (non-hydrogen) atoms. The van der Waals surface area contributed by atoms with E-state index in [0.717, 1.165) is 11.5 Å². The molecule has 3 nitrogen and oxygen atoms in total. The molecule has 3 heteroatoms. The normalized spacial score (nSPS) is 24.9. The first kappa shape index (κ1) is 13.7. The predicted molar refractivity (Wildman–Crippen MR) is 82.0 cm³/mol. The topological polar surface area (TPSA) is 51.2 Å². The van der Waals surface area contributed by atoms with Crippen LogP contribution in [0.3, 0.4) is 0 Å². The summed E-state index contributed by atoms with van der Waals surface area (Å²) in [5, 5.41) is 1.19. The highest BCUT2D eigenvalue weighted by molar-refractivity contribution is 5.81. The maximum Gasteiger partial charge on any atom is 0.134 e. The number of nitrogens with two attached hydrogens (primary N) is 1. The molecule has 3 unspecified atom stereocenters. The van der Waals surface area contributed by atoms with Gasteiger partial charge in [-0.15, -0.1) is 0 Å². The lowest BCUT2D eigenvalue weighted by atomic mass is 9.75. The Kier molecular flexibility index (Phi) is 4.08. The Hall–Kier alpha value is -1.32. The number of fused-ring (bicyclic) bond motifs is 1. The molecule has 2 aromatic rings. The van der Waals surface area contributed by atoms with Crippen molar-refractivity contribution in [3.05, 3.63) is 36.1 Å². The van der Waals surface area contributed by atoms with E-state index in [-0.39, 0.29) is 6.04 Å². The Balaban J connectivity index is 1.89. The Morgan fingerprint density at radius 2 is 2.20 bits per heavy atom. The van der Waals surface area contributed by atoms with E-state index in [0.29, 0.717) is 5.92 Å². The summed E-state index contributed by atoms with van der Waals surface area (Å²) in [6.07, 6.45) is 8.37. The Morgan fingerprint density at radius 1 is 1.35 bits per heavy atom. The first-order valence-corrected chi connectivity index (χ1v) is 7.75. The average molecular weight is 272 g/mol. The minimum absolute atomic E-state index is 0.202. The molecular weight excluding hydrogens is 248 g/mol. The number of hydrazine groups is 1. The number of furan rings is 1. The van der Waals surface area contributed by atoms with E-state index < -0.39 is 0 Å². The largest absolute Gasteiger partial charge is 0.464 e.